The molecular formula is C25H28ClF3N4O4. The maximum atomic E-state index is 13.9. The van der Waals surface area contributed by atoms with Crippen LogP contribution in [0.4, 0.5) is 13.2 Å². The molecule has 3 rings (SSSR count). The average Bonchev–Trinajstić information content (AvgIpc) is 3.38. The number of amides is 3. The number of carbonyl (C=O) groups is 4. The van der Waals surface area contributed by atoms with Gasteiger partial charge in [-0.15, -0.1) is 0 Å². The highest BCUT2D eigenvalue weighted by Gasteiger charge is 2.62. The first-order valence-electron chi connectivity index (χ1n) is 11.8. The summed E-state index contributed by atoms with van der Waals surface area (Å²) in [6.45, 7) is 3.74. The molecule has 0 bridgehead atoms. The number of hydrogen-bond donors (Lipinski definition) is 3. The molecule has 1 saturated carbocycles. The summed E-state index contributed by atoms with van der Waals surface area (Å²) < 4.78 is 42.6. The summed E-state index contributed by atoms with van der Waals surface area (Å²) in [4.78, 5) is 51.1. The molecule has 2 aliphatic rings. The lowest BCUT2D eigenvalue weighted by Gasteiger charge is -2.45. The molecule has 1 aromatic rings. The molecule has 37 heavy (non-hydrogen) atoms. The third-order valence-corrected chi connectivity index (χ3v) is 6.69. The normalized spacial score (nSPS) is 18.2. The van der Waals surface area contributed by atoms with Gasteiger partial charge in [0.1, 0.15) is 17.1 Å². The number of carbonyl (C=O) groups excluding carboxylic acids is 4. The third kappa shape index (κ3) is 5.66. The van der Waals surface area contributed by atoms with Gasteiger partial charge in [0, 0.05) is 38.3 Å². The molecule has 3 amide bonds. The maximum Gasteiger partial charge on any atom is 0.293 e. The molecule has 0 unspecified atom stereocenters. The van der Waals surface area contributed by atoms with Crippen molar-refractivity contribution in [3.63, 3.8) is 0 Å². The topological polar surface area (TPSA) is 109 Å². The van der Waals surface area contributed by atoms with Gasteiger partial charge in [0.15, 0.2) is 0 Å². The summed E-state index contributed by atoms with van der Waals surface area (Å²) >= 11 is 5.77. The van der Waals surface area contributed by atoms with Crippen LogP contribution in [0.1, 0.15) is 64.7 Å². The number of alkyl halides is 2. The fraction of sp³-hybridized carbons (Fsp3) is 0.440. The quantitative estimate of drug-likeness (QED) is 0.253. The molecule has 8 nitrogen and oxygen atoms in total. The van der Waals surface area contributed by atoms with E-state index in [1.165, 1.54) is 32.3 Å². The van der Waals surface area contributed by atoms with Crippen LogP contribution in [0.5, 0.6) is 0 Å². The minimum Gasteiger partial charge on any atom is -0.357 e. The highest BCUT2D eigenvalue weighted by molar-refractivity contribution is 6.44. The second-order valence-electron chi connectivity index (χ2n) is 9.01. The van der Waals surface area contributed by atoms with Crippen LogP contribution in [0.15, 0.2) is 35.3 Å². The van der Waals surface area contributed by atoms with Crippen molar-refractivity contribution in [2.24, 2.45) is 0 Å². The number of hydrogen-bond acceptors (Lipinski definition) is 4. The Morgan fingerprint density at radius 3 is 2.46 bits per heavy atom. The number of nitrogens with zero attached hydrogens (tertiary/aromatic N) is 1. The lowest BCUT2D eigenvalue weighted by molar-refractivity contribution is -0.164. The van der Waals surface area contributed by atoms with Gasteiger partial charge in [0.2, 0.25) is 5.91 Å². The van der Waals surface area contributed by atoms with E-state index < -0.39 is 53.6 Å². The number of nitrogens with one attached hydrogen (secondary N) is 3. The lowest BCUT2D eigenvalue weighted by atomic mass is 9.72. The van der Waals surface area contributed by atoms with Gasteiger partial charge in [0.25, 0.3) is 23.5 Å². The largest absolute Gasteiger partial charge is 0.357 e. The number of allylic oxidation sites excluding steroid dienone is 5. The van der Waals surface area contributed by atoms with Crippen LogP contribution in [0, 0.1) is 6.92 Å². The second-order valence-corrected chi connectivity index (χ2v) is 9.42. The Bertz CT molecular complexity index is 1220. The zero-order valence-electron chi connectivity index (χ0n) is 20.6. The summed E-state index contributed by atoms with van der Waals surface area (Å²) in [5, 5.41) is 6.90. The predicted octanol–water partition coefficient (Wildman–Crippen LogP) is 3.59. The number of halogens is 4. The van der Waals surface area contributed by atoms with E-state index >= 15 is 0 Å². The minimum absolute atomic E-state index is 0.00435. The van der Waals surface area contributed by atoms with E-state index in [-0.39, 0.29) is 21.9 Å². The number of ketones is 1. The van der Waals surface area contributed by atoms with E-state index in [2.05, 4.69) is 16.0 Å². The Hall–Kier alpha value is -3.34. The molecule has 1 aromatic heterocycles. The molecule has 1 aliphatic carbocycles. The van der Waals surface area contributed by atoms with Crippen LogP contribution in [-0.4, -0.2) is 46.6 Å². The highest BCUT2D eigenvalue weighted by Crippen LogP contribution is 2.45. The standard InChI is InChI=1S/C25H28ClF3N4O4/c1-4-7-15(26)16(27)8-5-10-31-21(35)19-14(2)18(17-9-6-11-33(17)19)20(34)22(36)32-24(23(37)30-3)12-25(28,29)13-24/h5,7-8,10H,4,6,9,11-13H2,1-3H3,(H,30,37)(H,31,35)(H,32,36)/b10-5+,15-7+,16-8+. The fourth-order valence-corrected chi connectivity index (χ4v) is 4.97. The van der Waals surface area contributed by atoms with Gasteiger partial charge >= 0.3 is 0 Å². The smallest absolute Gasteiger partial charge is 0.293 e. The molecule has 200 valence electrons. The van der Waals surface area contributed by atoms with Crippen molar-refractivity contribution in [1.82, 2.24) is 20.5 Å². The summed E-state index contributed by atoms with van der Waals surface area (Å²) in [5.74, 6) is -7.43. The van der Waals surface area contributed by atoms with E-state index in [4.69, 9.17) is 11.6 Å². The number of rotatable bonds is 9. The molecule has 0 radical (unpaired) electrons. The van der Waals surface area contributed by atoms with Gasteiger partial charge < -0.3 is 20.5 Å². The SMILES string of the molecule is CC\C=C(Cl)/C(F)=C\C=C\NC(=O)c1c(C)c(C(=O)C(=O)NC2(C(=O)NC)CC(F)(F)C2)c2n1CCC2. The van der Waals surface area contributed by atoms with Crippen molar-refractivity contribution >= 4 is 35.1 Å². The lowest BCUT2D eigenvalue weighted by Crippen LogP contribution is -2.69. The molecule has 2 heterocycles. The summed E-state index contributed by atoms with van der Waals surface area (Å²) in [7, 11) is 1.25. The van der Waals surface area contributed by atoms with Gasteiger partial charge in [-0.25, -0.2) is 13.2 Å². The van der Waals surface area contributed by atoms with Crippen LogP contribution >= 0.6 is 11.6 Å². The fourth-order valence-electron chi connectivity index (χ4n) is 4.76. The number of likely N-dealkylation sites (N-methyl/N-ethyl adjacent to an activating group) is 1. The summed E-state index contributed by atoms with van der Waals surface area (Å²) in [5.41, 5.74) is -1.01. The second kappa shape index (κ2) is 11.0. The minimum atomic E-state index is -3.13. The molecule has 12 heteroatoms. The van der Waals surface area contributed by atoms with Crippen molar-refractivity contribution in [2.75, 3.05) is 7.05 Å². The Labute approximate surface area is 217 Å². The van der Waals surface area contributed by atoms with E-state index in [1.807, 2.05) is 0 Å². The van der Waals surface area contributed by atoms with Crippen molar-refractivity contribution in [3.8, 4) is 0 Å². The first-order valence-corrected chi connectivity index (χ1v) is 12.1. The predicted molar refractivity (Wildman–Crippen MR) is 131 cm³/mol. The molecule has 0 aromatic carbocycles. The van der Waals surface area contributed by atoms with Crippen LogP contribution in [0.2, 0.25) is 0 Å². The van der Waals surface area contributed by atoms with Crippen LogP contribution in [0.3, 0.4) is 0 Å². The molecule has 1 fully saturated rings. The van der Waals surface area contributed by atoms with Crippen LogP contribution < -0.4 is 16.0 Å². The Balaban J connectivity index is 1.82. The van der Waals surface area contributed by atoms with Crippen molar-refractivity contribution < 1.29 is 32.3 Å². The van der Waals surface area contributed by atoms with Crippen molar-refractivity contribution in [2.45, 2.75) is 64.0 Å². The zero-order chi connectivity index (χ0) is 27.5. The van der Waals surface area contributed by atoms with E-state index in [0.717, 1.165) is 6.08 Å². The first-order chi connectivity index (χ1) is 17.4. The van der Waals surface area contributed by atoms with E-state index in [9.17, 15) is 32.3 Å². The Morgan fingerprint density at radius 1 is 1.19 bits per heavy atom. The van der Waals surface area contributed by atoms with Crippen molar-refractivity contribution in [3.05, 3.63) is 57.8 Å². The summed E-state index contributed by atoms with van der Waals surface area (Å²) in [6.07, 6.45) is 4.81. The Morgan fingerprint density at radius 2 is 1.86 bits per heavy atom. The molecular weight excluding hydrogens is 513 g/mol. The average molecular weight is 541 g/mol. The van der Waals surface area contributed by atoms with E-state index in [1.54, 1.807) is 11.5 Å². The molecule has 0 atom stereocenters. The Kier molecular flexibility index (Phi) is 8.36. The number of fused-ring (bicyclic) bond motifs is 1. The highest BCUT2D eigenvalue weighted by atomic mass is 35.5. The van der Waals surface area contributed by atoms with Gasteiger partial charge in [-0.05, 0) is 43.9 Å². The first kappa shape index (κ1) is 28.2. The summed E-state index contributed by atoms with van der Waals surface area (Å²) in [6, 6.07) is 0. The van der Waals surface area contributed by atoms with E-state index in [0.29, 0.717) is 31.5 Å². The molecule has 0 saturated heterocycles. The monoisotopic (exact) mass is 540 g/mol. The maximum absolute atomic E-state index is 13.9. The molecule has 3 N–H and O–H groups in total. The zero-order valence-corrected chi connectivity index (χ0v) is 21.4. The van der Waals surface area contributed by atoms with Gasteiger partial charge in [-0.1, -0.05) is 24.6 Å². The van der Waals surface area contributed by atoms with Gasteiger partial charge in [-0.2, -0.15) is 0 Å². The van der Waals surface area contributed by atoms with Gasteiger partial charge in [0.05, 0.1) is 10.6 Å². The molecule has 0 spiro atoms. The van der Waals surface area contributed by atoms with Crippen molar-refractivity contribution in [1.29, 1.82) is 0 Å². The number of Topliss-reactive ketones (excluding diaryl/α,β-unsaturated/α-hetero) is 1. The van der Waals surface area contributed by atoms with Crippen LogP contribution in [0.25, 0.3) is 0 Å². The van der Waals surface area contributed by atoms with Gasteiger partial charge in [-0.3, -0.25) is 19.2 Å². The third-order valence-electron chi connectivity index (χ3n) is 6.36. The van der Waals surface area contributed by atoms with Crippen LogP contribution in [-0.2, 0) is 22.6 Å². The number of aromatic nitrogens is 1. The molecule has 1 aliphatic heterocycles.